The summed E-state index contributed by atoms with van der Waals surface area (Å²) in [7, 11) is 1.85. The van der Waals surface area contributed by atoms with Crippen LogP contribution in [0.15, 0.2) is 33.3 Å². The van der Waals surface area contributed by atoms with E-state index in [0.717, 1.165) is 10.0 Å². The van der Waals surface area contributed by atoms with Gasteiger partial charge in [0.1, 0.15) is 0 Å². The molecular weight excluding hydrogens is 270 g/mol. The van der Waals surface area contributed by atoms with Crippen molar-refractivity contribution in [2.24, 2.45) is 0 Å². The minimum absolute atomic E-state index is 0.603. The molecule has 1 heterocycles. The van der Waals surface area contributed by atoms with E-state index in [1.54, 1.807) is 0 Å². The first-order chi connectivity index (χ1) is 7.78. The molecule has 0 unspecified atom stereocenters. The summed E-state index contributed by atoms with van der Waals surface area (Å²) < 4.78 is 6.13. The third kappa shape index (κ3) is 2.90. The van der Waals surface area contributed by atoms with Crippen molar-refractivity contribution in [1.82, 2.24) is 15.5 Å². The highest BCUT2D eigenvalue weighted by atomic mass is 79.9. The van der Waals surface area contributed by atoms with Gasteiger partial charge in [0.15, 0.2) is 5.82 Å². The molecule has 5 heteroatoms. The molecule has 0 aliphatic heterocycles. The Hall–Kier alpha value is -1.20. The van der Waals surface area contributed by atoms with Gasteiger partial charge in [0.25, 0.3) is 0 Å². The number of aromatic nitrogens is 2. The molecule has 0 atom stereocenters. The second kappa shape index (κ2) is 5.23. The summed E-state index contributed by atoms with van der Waals surface area (Å²) >= 11 is 3.43. The standard InChI is InChI=1S/C11H12BrN3O/c1-13-7-11-14-10(15-16-11)6-8-3-2-4-9(12)5-8/h2-5,13H,6-7H2,1H3. The number of rotatable bonds is 4. The molecule has 0 radical (unpaired) electrons. The Morgan fingerprint density at radius 3 is 3.06 bits per heavy atom. The maximum Gasteiger partial charge on any atom is 0.240 e. The molecule has 0 aliphatic rings. The molecule has 0 fully saturated rings. The largest absolute Gasteiger partial charge is 0.338 e. The molecular formula is C11H12BrN3O. The fourth-order valence-corrected chi connectivity index (χ4v) is 1.86. The van der Waals surface area contributed by atoms with Crippen LogP contribution in [0.2, 0.25) is 0 Å². The van der Waals surface area contributed by atoms with Crippen LogP contribution in [0.25, 0.3) is 0 Å². The molecule has 2 rings (SSSR count). The molecule has 0 saturated carbocycles. The Kier molecular flexibility index (Phi) is 3.69. The van der Waals surface area contributed by atoms with Crippen molar-refractivity contribution in [3.05, 3.63) is 46.0 Å². The molecule has 84 valence electrons. The number of nitrogens with zero attached hydrogens (tertiary/aromatic N) is 2. The topological polar surface area (TPSA) is 51.0 Å². The summed E-state index contributed by atoms with van der Waals surface area (Å²) in [6.45, 7) is 0.603. The summed E-state index contributed by atoms with van der Waals surface area (Å²) in [5.41, 5.74) is 1.16. The SMILES string of the molecule is CNCc1nc(Cc2cccc(Br)c2)no1. The minimum atomic E-state index is 0.603. The number of hydrogen-bond donors (Lipinski definition) is 1. The predicted octanol–water partition coefficient (Wildman–Crippen LogP) is 2.14. The second-order valence-corrected chi connectivity index (χ2v) is 4.36. The van der Waals surface area contributed by atoms with Crippen LogP contribution in [0.3, 0.4) is 0 Å². The van der Waals surface area contributed by atoms with E-state index in [2.05, 4.69) is 31.4 Å². The van der Waals surface area contributed by atoms with Gasteiger partial charge in [-0.3, -0.25) is 0 Å². The Bertz CT molecular complexity index is 470. The highest BCUT2D eigenvalue weighted by Gasteiger charge is 2.06. The van der Waals surface area contributed by atoms with E-state index >= 15 is 0 Å². The minimum Gasteiger partial charge on any atom is -0.338 e. The van der Waals surface area contributed by atoms with Crippen molar-refractivity contribution >= 4 is 15.9 Å². The molecule has 2 aromatic rings. The van der Waals surface area contributed by atoms with Crippen LogP contribution in [0.1, 0.15) is 17.3 Å². The van der Waals surface area contributed by atoms with Gasteiger partial charge in [-0.25, -0.2) is 0 Å². The smallest absolute Gasteiger partial charge is 0.240 e. The first-order valence-corrected chi connectivity index (χ1v) is 5.78. The van der Waals surface area contributed by atoms with E-state index in [1.807, 2.05) is 31.3 Å². The molecule has 1 N–H and O–H groups in total. The lowest BCUT2D eigenvalue weighted by Gasteiger charge is -1.96. The normalized spacial score (nSPS) is 10.6. The highest BCUT2D eigenvalue weighted by Crippen LogP contribution is 2.14. The van der Waals surface area contributed by atoms with Crippen molar-refractivity contribution in [3.8, 4) is 0 Å². The quantitative estimate of drug-likeness (QED) is 0.933. The Balaban J connectivity index is 2.08. The monoisotopic (exact) mass is 281 g/mol. The van der Waals surface area contributed by atoms with Gasteiger partial charge in [0.05, 0.1) is 6.54 Å². The van der Waals surface area contributed by atoms with Crippen molar-refractivity contribution in [1.29, 1.82) is 0 Å². The Morgan fingerprint density at radius 2 is 2.31 bits per heavy atom. The van der Waals surface area contributed by atoms with E-state index in [4.69, 9.17) is 4.52 Å². The van der Waals surface area contributed by atoms with Crippen molar-refractivity contribution in [2.75, 3.05) is 7.05 Å². The number of halogens is 1. The van der Waals surface area contributed by atoms with E-state index in [0.29, 0.717) is 24.7 Å². The molecule has 1 aromatic heterocycles. The molecule has 0 amide bonds. The van der Waals surface area contributed by atoms with Crippen LogP contribution in [0.4, 0.5) is 0 Å². The van der Waals surface area contributed by atoms with Gasteiger partial charge >= 0.3 is 0 Å². The number of nitrogens with one attached hydrogen (secondary N) is 1. The zero-order valence-electron chi connectivity index (χ0n) is 8.90. The Labute approximate surface area is 102 Å². The lowest BCUT2D eigenvalue weighted by Crippen LogP contribution is -2.05. The lowest BCUT2D eigenvalue weighted by atomic mass is 10.1. The van der Waals surface area contributed by atoms with Crippen LogP contribution in [-0.2, 0) is 13.0 Å². The number of hydrogen-bond acceptors (Lipinski definition) is 4. The van der Waals surface area contributed by atoms with E-state index in [1.165, 1.54) is 0 Å². The van der Waals surface area contributed by atoms with Crippen LogP contribution >= 0.6 is 15.9 Å². The molecule has 4 nitrogen and oxygen atoms in total. The maximum atomic E-state index is 5.07. The first-order valence-electron chi connectivity index (χ1n) is 4.98. The first kappa shape index (κ1) is 11.3. The third-order valence-corrected chi connectivity index (χ3v) is 2.58. The van der Waals surface area contributed by atoms with Crippen LogP contribution in [0, 0.1) is 0 Å². The van der Waals surface area contributed by atoms with Crippen molar-refractivity contribution in [2.45, 2.75) is 13.0 Å². The molecule has 0 bridgehead atoms. The van der Waals surface area contributed by atoms with Gasteiger partial charge in [0.2, 0.25) is 5.89 Å². The highest BCUT2D eigenvalue weighted by molar-refractivity contribution is 9.10. The molecule has 0 aliphatic carbocycles. The Morgan fingerprint density at radius 1 is 1.44 bits per heavy atom. The second-order valence-electron chi connectivity index (χ2n) is 3.44. The zero-order chi connectivity index (χ0) is 11.4. The fraction of sp³-hybridized carbons (Fsp3) is 0.273. The predicted molar refractivity (Wildman–Crippen MR) is 64.0 cm³/mol. The summed E-state index contributed by atoms with van der Waals surface area (Å²) in [6.07, 6.45) is 0.687. The van der Waals surface area contributed by atoms with Crippen LogP contribution in [-0.4, -0.2) is 17.2 Å². The summed E-state index contributed by atoms with van der Waals surface area (Å²) in [5.74, 6) is 1.33. The third-order valence-electron chi connectivity index (χ3n) is 2.09. The number of benzene rings is 1. The van der Waals surface area contributed by atoms with Gasteiger partial charge in [-0.2, -0.15) is 4.98 Å². The van der Waals surface area contributed by atoms with E-state index < -0.39 is 0 Å². The molecule has 1 aromatic carbocycles. The molecule has 0 spiro atoms. The van der Waals surface area contributed by atoms with E-state index in [-0.39, 0.29) is 0 Å². The van der Waals surface area contributed by atoms with Crippen LogP contribution in [0.5, 0.6) is 0 Å². The van der Waals surface area contributed by atoms with Gasteiger partial charge < -0.3 is 9.84 Å². The average Bonchev–Trinajstić information content (AvgIpc) is 2.66. The summed E-state index contributed by atoms with van der Waals surface area (Å²) in [5, 5.41) is 6.88. The zero-order valence-corrected chi connectivity index (χ0v) is 10.5. The molecule has 0 saturated heterocycles. The van der Waals surface area contributed by atoms with Gasteiger partial charge in [-0.1, -0.05) is 33.2 Å². The maximum absolute atomic E-state index is 5.07. The average molecular weight is 282 g/mol. The van der Waals surface area contributed by atoms with E-state index in [9.17, 15) is 0 Å². The summed E-state index contributed by atoms with van der Waals surface area (Å²) in [4.78, 5) is 4.27. The van der Waals surface area contributed by atoms with Crippen molar-refractivity contribution in [3.63, 3.8) is 0 Å². The fourth-order valence-electron chi connectivity index (χ4n) is 1.41. The van der Waals surface area contributed by atoms with Gasteiger partial charge in [-0.15, -0.1) is 0 Å². The van der Waals surface area contributed by atoms with Crippen molar-refractivity contribution < 1.29 is 4.52 Å². The van der Waals surface area contributed by atoms with Gasteiger partial charge in [-0.05, 0) is 24.7 Å². The molecule has 16 heavy (non-hydrogen) atoms. The summed E-state index contributed by atoms with van der Waals surface area (Å²) in [6, 6.07) is 8.08. The van der Waals surface area contributed by atoms with Gasteiger partial charge in [0, 0.05) is 10.9 Å². The lowest BCUT2D eigenvalue weighted by molar-refractivity contribution is 0.367. The van der Waals surface area contributed by atoms with Crippen LogP contribution < -0.4 is 5.32 Å².